The van der Waals surface area contributed by atoms with Crippen molar-refractivity contribution in [2.45, 2.75) is 24.8 Å². The third-order valence-electron chi connectivity index (χ3n) is 3.11. The number of nitrogens with one attached hydrogen (secondary N) is 1. The van der Waals surface area contributed by atoms with Gasteiger partial charge in [-0.1, -0.05) is 48.0 Å². The molecule has 100 valence electrons. The molecule has 2 aromatic rings. The number of hydrogen-bond donors (Lipinski definition) is 1. The Kier molecular flexibility index (Phi) is 5.49. The molecule has 0 aliphatic heterocycles. The molecule has 2 heteroatoms. The van der Waals surface area contributed by atoms with Gasteiger partial charge < -0.3 is 5.32 Å². The van der Waals surface area contributed by atoms with Gasteiger partial charge in [0.25, 0.3) is 0 Å². The van der Waals surface area contributed by atoms with E-state index in [2.05, 4.69) is 73.8 Å². The van der Waals surface area contributed by atoms with Crippen LogP contribution in [0.5, 0.6) is 0 Å². The minimum absolute atomic E-state index is 0.413. The Labute approximate surface area is 120 Å². The summed E-state index contributed by atoms with van der Waals surface area (Å²) in [4.78, 5) is 1.34. The van der Waals surface area contributed by atoms with Gasteiger partial charge in [-0.25, -0.2) is 0 Å². The zero-order chi connectivity index (χ0) is 13.5. The molecule has 0 aromatic heterocycles. The molecule has 0 heterocycles. The Hall–Kier alpha value is -1.25. The lowest BCUT2D eigenvalue weighted by molar-refractivity contribution is 0.601. The van der Waals surface area contributed by atoms with Gasteiger partial charge in [0.1, 0.15) is 0 Å². The monoisotopic (exact) mass is 271 g/mol. The molecule has 0 spiro atoms. The SMILES string of the molecule is Cc1cccc([C@@H](C)NCCSc2ccccc2)c1. The van der Waals surface area contributed by atoms with E-state index in [0.717, 1.165) is 12.3 Å². The summed E-state index contributed by atoms with van der Waals surface area (Å²) >= 11 is 1.90. The van der Waals surface area contributed by atoms with Crippen molar-refractivity contribution in [1.82, 2.24) is 5.32 Å². The predicted octanol–water partition coefficient (Wildman–Crippen LogP) is 4.44. The van der Waals surface area contributed by atoms with Crippen molar-refractivity contribution in [3.63, 3.8) is 0 Å². The first-order valence-electron chi connectivity index (χ1n) is 6.73. The van der Waals surface area contributed by atoms with Gasteiger partial charge in [0.15, 0.2) is 0 Å². The molecule has 1 nitrogen and oxygen atoms in total. The molecular formula is C17H21NS. The van der Waals surface area contributed by atoms with E-state index in [4.69, 9.17) is 0 Å². The molecule has 0 bridgehead atoms. The smallest absolute Gasteiger partial charge is 0.0292 e. The molecule has 0 aliphatic rings. The molecule has 19 heavy (non-hydrogen) atoms. The lowest BCUT2D eigenvalue weighted by Crippen LogP contribution is -2.21. The Morgan fingerprint density at radius 1 is 1.05 bits per heavy atom. The zero-order valence-electron chi connectivity index (χ0n) is 11.6. The molecular weight excluding hydrogens is 250 g/mol. The van der Waals surface area contributed by atoms with Gasteiger partial charge in [0.2, 0.25) is 0 Å². The summed E-state index contributed by atoms with van der Waals surface area (Å²) in [6.07, 6.45) is 0. The van der Waals surface area contributed by atoms with E-state index in [1.807, 2.05) is 11.8 Å². The van der Waals surface area contributed by atoms with Crippen LogP contribution in [0, 0.1) is 6.92 Å². The van der Waals surface area contributed by atoms with Crippen LogP contribution in [-0.4, -0.2) is 12.3 Å². The lowest BCUT2D eigenvalue weighted by Gasteiger charge is -2.14. The minimum Gasteiger partial charge on any atom is -0.309 e. The maximum Gasteiger partial charge on any atom is 0.0292 e. The van der Waals surface area contributed by atoms with Gasteiger partial charge in [-0.2, -0.15) is 0 Å². The van der Waals surface area contributed by atoms with Crippen LogP contribution in [0.4, 0.5) is 0 Å². The molecule has 2 rings (SSSR count). The number of hydrogen-bond acceptors (Lipinski definition) is 2. The average molecular weight is 271 g/mol. The Balaban J connectivity index is 1.74. The lowest BCUT2D eigenvalue weighted by atomic mass is 10.1. The van der Waals surface area contributed by atoms with Crippen LogP contribution < -0.4 is 5.32 Å². The Morgan fingerprint density at radius 3 is 2.58 bits per heavy atom. The van der Waals surface area contributed by atoms with Crippen LogP contribution in [0.3, 0.4) is 0 Å². The molecule has 1 atom stereocenters. The van der Waals surface area contributed by atoms with Crippen molar-refractivity contribution < 1.29 is 0 Å². The molecule has 1 N–H and O–H groups in total. The fourth-order valence-electron chi connectivity index (χ4n) is 2.02. The van der Waals surface area contributed by atoms with E-state index in [1.165, 1.54) is 16.0 Å². The second kappa shape index (κ2) is 7.37. The maximum absolute atomic E-state index is 3.58. The second-order valence-electron chi connectivity index (χ2n) is 4.75. The van der Waals surface area contributed by atoms with Crippen LogP contribution >= 0.6 is 11.8 Å². The first-order valence-corrected chi connectivity index (χ1v) is 7.72. The van der Waals surface area contributed by atoms with Crippen LogP contribution in [0.1, 0.15) is 24.1 Å². The van der Waals surface area contributed by atoms with Crippen LogP contribution in [0.25, 0.3) is 0 Å². The highest BCUT2D eigenvalue weighted by atomic mass is 32.2. The van der Waals surface area contributed by atoms with Crippen molar-refractivity contribution in [3.05, 3.63) is 65.7 Å². The van der Waals surface area contributed by atoms with Crippen LogP contribution in [0.15, 0.2) is 59.5 Å². The first-order chi connectivity index (χ1) is 9.25. The van der Waals surface area contributed by atoms with E-state index in [-0.39, 0.29) is 0 Å². The molecule has 2 aromatic carbocycles. The number of rotatable bonds is 6. The highest BCUT2D eigenvalue weighted by Gasteiger charge is 2.04. The number of aryl methyl sites for hydroxylation is 1. The van der Waals surface area contributed by atoms with Gasteiger partial charge in [-0.3, -0.25) is 0 Å². The molecule has 0 fully saturated rings. The third kappa shape index (κ3) is 4.73. The van der Waals surface area contributed by atoms with Gasteiger partial charge in [0.05, 0.1) is 0 Å². The third-order valence-corrected chi connectivity index (χ3v) is 4.12. The van der Waals surface area contributed by atoms with E-state index in [0.29, 0.717) is 6.04 Å². The standard InChI is InChI=1S/C17H21NS/c1-14-7-6-8-16(13-14)15(2)18-11-12-19-17-9-4-3-5-10-17/h3-10,13,15,18H,11-12H2,1-2H3/t15-/m1/s1. The fraction of sp³-hybridized carbons (Fsp3) is 0.294. The summed E-state index contributed by atoms with van der Waals surface area (Å²) < 4.78 is 0. The van der Waals surface area contributed by atoms with Crippen molar-refractivity contribution >= 4 is 11.8 Å². The summed E-state index contributed by atoms with van der Waals surface area (Å²) in [6, 6.07) is 19.7. The molecule has 0 saturated carbocycles. The van der Waals surface area contributed by atoms with E-state index < -0.39 is 0 Å². The van der Waals surface area contributed by atoms with Crippen molar-refractivity contribution in [2.24, 2.45) is 0 Å². The van der Waals surface area contributed by atoms with Gasteiger partial charge in [-0.15, -0.1) is 11.8 Å². The van der Waals surface area contributed by atoms with Crippen molar-refractivity contribution in [3.8, 4) is 0 Å². The summed E-state index contributed by atoms with van der Waals surface area (Å²) in [7, 11) is 0. The molecule has 0 aliphatic carbocycles. The number of thioether (sulfide) groups is 1. The largest absolute Gasteiger partial charge is 0.309 e. The van der Waals surface area contributed by atoms with E-state index in [9.17, 15) is 0 Å². The first kappa shape index (κ1) is 14.2. The minimum atomic E-state index is 0.413. The Morgan fingerprint density at radius 2 is 1.84 bits per heavy atom. The average Bonchev–Trinajstić information content (AvgIpc) is 2.44. The maximum atomic E-state index is 3.58. The van der Waals surface area contributed by atoms with E-state index >= 15 is 0 Å². The second-order valence-corrected chi connectivity index (χ2v) is 5.92. The van der Waals surface area contributed by atoms with Crippen molar-refractivity contribution in [2.75, 3.05) is 12.3 Å². The molecule has 0 radical (unpaired) electrons. The molecule has 0 saturated heterocycles. The van der Waals surface area contributed by atoms with Gasteiger partial charge in [0, 0.05) is 23.2 Å². The Bertz CT molecular complexity index is 496. The highest BCUT2D eigenvalue weighted by molar-refractivity contribution is 7.99. The summed E-state index contributed by atoms with van der Waals surface area (Å²) in [5, 5.41) is 3.58. The van der Waals surface area contributed by atoms with Crippen molar-refractivity contribution in [1.29, 1.82) is 0 Å². The summed E-state index contributed by atoms with van der Waals surface area (Å²) in [5.74, 6) is 1.10. The highest BCUT2D eigenvalue weighted by Crippen LogP contribution is 2.17. The van der Waals surface area contributed by atoms with Crippen LogP contribution in [0.2, 0.25) is 0 Å². The number of benzene rings is 2. The predicted molar refractivity (Wildman–Crippen MR) is 84.8 cm³/mol. The topological polar surface area (TPSA) is 12.0 Å². The summed E-state index contributed by atoms with van der Waals surface area (Å²) in [6.45, 7) is 5.39. The summed E-state index contributed by atoms with van der Waals surface area (Å²) in [5.41, 5.74) is 2.69. The normalized spacial score (nSPS) is 12.3. The quantitative estimate of drug-likeness (QED) is 0.616. The van der Waals surface area contributed by atoms with Gasteiger partial charge in [-0.05, 0) is 31.5 Å². The van der Waals surface area contributed by atoms with Crippen LogP contribution in [-0.2, 0) is 0 Å². The van der Waals surface area contributed by atoms with Gasteiger partial charge >= 0.3 is 0 Å². The van der Waals surface area contributed by atoms with E-state index in [1.54, 1.807) is 0 Å². The fourth-order valence-corrected chi connectivity index (χ4v) is 2.82. The molecule has 0 unspecified atom stereocenters. The zero-order valence-corrected chi connectivity index (χ0v) is 12.4. The molecule has 0 amide bonds.